The van der Waals surface area contributed by atoms with Crippen LogP contribution >= 0.6 is 0 Å². The molecule has 1 atom stereocenters. The zero-order chi connectivity index (χ0) is 18.1. The first-order valence-electron chi connectivity index (χ1n) is 7.89. The highest BCUT2D eigenvalue weighted by molar-refractivity contribution is 5.81. The Bertz CT molecular complexity index is 908. The van der Waals surface area contributed by atoms with E-state index >= 15 is 0 Å². The van der Waals surface area contributed by atoms with Gasteiger partial charge in [-0.15, -0.1) is 0 Å². The van der Waals surface area contributed by atoms with Gasteiger partial charge in [-0.1, -0.05) is 5.16 Å². The van der Waals surface area contributed by atoms with E-state index in [1.165, 1.54) is 6.07 Å². The van der Waals surface area contributed by atoms with Crippen LogP contribution in [0.5, 0.6) is 0 Å². The van der Waals surface area contributed by atoms with E-state index in [1.807, 2.05) is 0 Å². The number of esters is 1. The molecule has 0 radical (unpaired) electrons. The molecule has 1 aromatic carbocycles. The Morgan fingerprint density at radius 1 is 1.36 bits per heavy atom. The number of nitrogens with zero attached hydrogens (tertiary/aromatic N) is 1. The van der Waals surface area contributed by atoms with Gasteiger partial charge in [0.1, 0.15) is 17.6 Å². The number of ether oxygens (including phenoxy) is 1. The second-order valence-corrected chi connectivity index (χ2v) is 5.77. The van der Waals surface area contributed by atoms with Crippen molar-refractivity contribution in [2.75, 3.05) is 6.61 Å². The van der Waals surface area contributed by atoms with Crippen LogP contribution in [0.1, 0.15) is 41.4 Å². The van der Waals surface area contributed by atoms with Gasteiger partial charge in [-0.25, -0.2) is 4.39 Å². The lowest BCUT2D eigenvalue weighted by molar-refractivity contribution is -0.142. The summed E-state index contributed by atoms with van der Waals surface area (Å²) in [5, 5.41) is 14.8. The van der Waals surface area contributed by atoms with Crippen molar-refractivity contribution in [1.29, 1.82) is 0 Å². The molecule has 1 unspecified atom stereocenters. The largest absolute Gasteiger partial charge is 0.466 e. The van der Waals surface area contributed by atoms with Gasteiger partial charge in [0.15, 0.2) is 11.4 Å². The van der Waals surface area contributed by atoms with E-state index < -0.39 is 17.9 Å². The first kappa shape index (κ1) is 17.2. The number of fused-ring (bicyclic) bond motifs is 1. The Hall–Kier alpha value is -2.67. The molecule has 132 valence electrons. The van der Waals surface area contributed by atoms with Crippen molar-refractivity contribution in [2.24, 2.45) is 0 Å². The Kier molecular flexibility index (Phi) is 4.59. The van der Waals surface area contributed by atoms with Gasteiger partial charge in [-0.2, -0.15) is 0 Å². The Morgan fingerprint density at radius 2 is 2.12 bits per heavy atom. The van der Waals surface area contributed by atoms with Gasteiger partial charge in [0.05, 0.1) is 24.3 Å². The first-order valence-corrected chi connectivity index (χ1v) is 7.89. The molecule has 0 bridgehead atoms. The highest BCUT2D eigenvalue weighted by Crippen LogP contribution is 2.33. The number of benzene rings is 1. The van der Waals surface area contributed by atoms with E-state index in [-0.39, 0.29) is 24.4 Å². The number of aliphatic hydroxyl groups excluding tert-OH is 1. The standard InChI is InChI=1S/C18H18FNO5/c1-4-23-15(21)7-11-5-12-8-14(24-18(12)13(19)6-11)17(22)16-9(2)20-25-10(16)3/h5-6,8,17,22H,4,7H2,1-3H3. The van der Waals surface area contributed by atoms with E-state index in [1.54, 1.807) is 32.9 Å². The molecule has 1 N–H and O–H groups in total. The quantitative estimate of drug-likeness (QED) is 0.712. The molecule has 3 rings (SSSR count). The monoisotopic (exact) mass is 347 g/mol. The summed E-state index contributed by atoms with van der Waals surface area (Å²) >= 11 is 0. The number of hydrogen-bond donors (Lipinski definition) is 1. The average molecular weight is 347 g/mol. The van der Waals surface area contributed by atoms with Crippen molar-refractivity contribution in [3.05, 3.63) is 52.4 Å². The second kappa shape index (κ2) is 6.68. The predicted molar refractivity (Wildman–Crippen MR) is 86.5 cm³/mol. The summed E-state index contributed by atoms with van der Waals surface area (Å²) in [5.74, 6) is -0.389. The Labute approximate surface area is 143 Å². The fourth-order valence-electron chi connectivity index (χ4n) is 2.83. The molecule has 0 fully saturated rings. The highest BCUT2D eigenvalue weighted by atomic mass is 19.1. The van der Waals surface area contributed by atoms with Crippen LogP contribution in [0, 0.1) is 19.7 Å². The molecule has 6 nitrogen and oxygen atoms in total. The van der Waals surface area contributed by atoms with Crippen LogP contribution < -0.4 is 0 Å². The number of aryl methyl sites for hydroxylation is 2. The van der Waals surface area contributed by atoms with Gasteiger partial charge in [0.25, 0.3) is 0 Å². The van der Waals surface area contributed by atoms with Crippen LogP contribution in [-0.2, 0) is 16.0 Å². The summed E-state index contributed by atoms with van der Waals surface area (Å²) in [4.78, 5) is 11.6. The molecule has 2 aromatic heterocycles. The molecule has 0 spiro atoms. The Balaban J connectivity index is 1.97. The van der Waals surface area contributed by atoms with Crippen LogP contribution in [0.15, 0.2) is 27.1 Å². The van der Waals surface area contributed by atoms with Gasteiger partial charge >= 0.3 is 5.97 Å². The van der Waals surface area contributed by atoms with Gasteiger partial charge in [0, 0.05) is 5.39 Å². The maximum absolute atomic E-state index is 14.3. The van der Waals surface area contributed by atoms with E-state index in [4.69, 9.17) is 13.7 Å². The summed E-state index contributed by atoms with van der Waals surface area (Å²) in [6.45, 7) is 5.36. The number of carbonyl (C=O) groups excluding carboxylic acids is 1. The van der Waals surface area contributed by atoms with Crippen LogP contribution in [0.25, 0.3) is 11.0 Å². The van der Waals surface area contributed by atoms with Crippen LogP contribution in [0.4, 0.5) is 4.39 Å². The molecular formula is C18H18FNO5. The summed E-state index contributed by atoms with van der Waals surface area (Å²) in [5.41, 5.74) is 1.52. The molecule has 0 saturated carbocycles. The summed E-state index contributed by atoms with van der Waals surface area (Å²) in [7, 11) is 0. The normalized spacial score (nSPS) is 12.5. The molecule has 2 heterocycles. The van der Waals surface area contributed by atoms with Gasteiger partial charge in [-0.3, -0.25) is 4.79 Å². The zero-order valence-electron chi connectivity index (χ0n) is 14.1. The van der Waals surface area contributed by atoms with Crippen molar-refractivity contribution in [2.45, 2.75) is 33.3 Å². The highest BCUT2D eigenvalue weighted by Gasteiger charge is 2.24. The average Bonchev–Trinajstić information content (AvgIpc) is 3.11. The number of carbonyl (C=O) groups is 1. The molecular weight excluding hydrogens is 329 g/mol. The van der Waals surface area contributed by atoms with Crippen LogP contribution in [0.2, 0.25) is 0 Å². The van der Waals surface area contributed by atoms with Crippen molar-refractivity contribution in [3.8, 4) is 0 Å². The molecule has 0 aliphatic rings. The third kappa shape index (κ3) is 3.28. The third-order valence-electron chi connectivity index (χ3n) is 3.94. The van der Waals surface area contributed by atoms with Crippen LogP contribution in [-0.4, -0.2) is 22.8 Å². The minimum Gasteiger partial charge on any atom is -0.466 e. The lowest BCUT2D eigenvalue weighted by atomic mass is 10.0. The number of halogens is 1. The zero-order valence-corrected chi connectivity index (χ0v) is 14.1. The fourth-order valence-corrected chi connectivity index (χ4v) is 2.83. The summed E-state index contributed by atoms with van der Waals surface area (Å²) in [6, 6.07) is 4.42. The van der Waals surface area contributed by atoms with E-state index in [0.29, 0.717) is 28.0 Å². The van der Waals surface area contributed by atoms with E-state index in [9.17, 15) is 14.3 Å². The maximum atomic E-state index is 14.3. The summed E-state index contributed by atoms with van der Waals surface area (Å²) in [6.07, 6.45) is -1.15. The van der Waals surface area contributed by atoms with Gasteiger partial charge in [0.2, 0.25) is 0 Å². The molecule has 0 saturated heterocycles. The number of hydrogen-bond acceptors (Lipinski definition) is 6. The first-order chi connectivity index (χ1) is 11.9. The number of furan rings is 1. The number of rotatable bonds is 5. The van der Waals surface area contributed by atoms with Crippen molar-refractivity contribution >= 4 is 16.9 Å². The predicted octanol–water partition coefficient (Wildman–Crippen LogP) is 3.36. The SMILES string of the molecule is CCOC(=O)Cc1cc(F)c2oc(C(O)c3c(C)noc3C)cc2c1. The smallest absolute Gasteiger partial charge is 0.310 e. The minimum atomic E-state index is -1.12. The summed E-state index contributed by atoms with van der Waals surface area (Å²) < 4.78 is 29.7. The lowest BCUT2D eigenvalue weighted by Gasteiger charge is -2.06. The molecule has 0 aliphatic carbocycles. The molecule has 0 amide bonds. The molecule has 25 heavy (non-hydrogen) atoms. The number of aliphatic hydroxyl groups is 1. The van der Waals surface area contributed by atoms with E-state index in [0.717, 1.165) is 0 Å². The molecule has 3 aromatic rings. The Morgan fingerprint density at radius 3 is 2.76 bits per heavy atom. The molecule has 7 heteroatoms. The van der Waals surface area contributed by atoms with Crippen molar-refractivity contribution in [1.82, 2.24) is 5.16 Å². The van der Waals surface area contributed by atoms with Crippen LogP contribution in [0.3, 0.4) is 0 Å². The van der Waals surface area contributed by atoms with Crippen molar-refractivity contribution < 1.29 is 28.0 Å². The number of aromatic nitrogens is 1. The topological polar surface area (TPSA) is 85.7 Å². The second-order valence-electron chi connectivity index (χ2n) is 5.77. The lowest BCUT2D eigenvalue weighted by Crippen LogP contribution is -2.07. The third-order valence-corrected chi connectivity index (χ3v) is 3.94. The maximum Gasteiger partial charge on any atom is 0.310 e. The van der Waals surface area contributed by atoms with Gasteiger partial charge in [-0.05, 0) is 44.5 Å². The van der Waals surface area contributed by atoms with Gasteiger partial charge < -0.3 is 18.8 Å². The molecule has 0 aliphatic heterocycles. The fraction of sp³-hybridized carbons (Fsp3) is 0.333. The van der Waals surface area contributed by atoms with E-state index in [2.05, 4.69) is 5.16 Å². The van der Waals surface area contributed by atoms with Crippen molar-refractivity contribution in [3.63, 3.8) is 0 Å². The minimum absolute atomic E-state index is 0.0217.